The Hall–Kier alpha value is -5.66. The minimum atomic E-state index is -0.776. The lowest BCUT2D eigenvalue weighted by Crippen LogP contribution is -2.52. The molecule has 14 nitrogen and oxygen atoms in total. The van der Waals surface area contributed by atoms with E-state index in [9.17, 15) is 19.2 Å². The molecule has 4 amide bonds. The minimum Gasteiger partial charge on any atom is -0.453 e. The van der Waals surface area contributed by atoms with Gasteiger partial charge < -0.3 is 40.7 Å². The van der Waals surface area contributed by atoms with Crippen molar-refractivity contribution in [3.8, 4) is 33.6 Å². The number of alkyl carbamates (subject to hydrolysis) is 2. The average Bonchev–Trinajstić information content (AvgIpc) is 3.83. The lowest BCUT2D eigenvalue weighted by atomic mass is 9.85. The van der Waals surface area contributed by atoms with E-state index in [1.807, 2.05) is 130 Å². The zero-order chi connectivity index (χ0) is 41.5. The SMILES string of the molecule is COC(=O)N[C@@H](C(=O)N[C@H](c1nc(-c2ccc(-c3ccc(-c4c[nH]c([C@@H](NC(=O)[C@H](NC(=O)OC)C(C)C)C(C)(C)C)n4)cc3)cc2)c[nH]1)C(C)(C)C)C(C)C. The number of imidazole rings is 2. The fraction of sp³-hybridized carbons (Fsp3) is 0.476. The van der Waals surface area contributed by atoms with Crippen molar-refractivity contribution in [3.05, 3.63) is 72.6 Å². The van der Waals surface area contributed by atoms with Crippen molar-refractivity contribution in [2.24, 2.45) is 22.7 Å². The molecule has 0 spiro atoms. The van der Waals surface area contributed by atoms with E-state index in [0.717, 1.165) is 33.6 Å². The lowest BCUT2D eigenvalue weighted by Gasteiger charge is -2.32. The van der Waals surface area contributed by atoms with Crippen molar-refractivity contribution < 1.29 is 28.7 Å². The molecule has 0 bridgehead atoms. The van der Waals surface area contributed by atoms with Crippen LogP contribution in [-0.2, 0) is 19.1 Å². The molecule has 0 aliphatic heterocycles. The quantitative estimate of drug-likeness (QED) is 0.0816. The van der Waals surface area contributed by atoms with Crippen molar-refractivity contribution in [1.82, 2.24) is 41.2 Å². The number of aromatic nitrogens is 4. The standard InChI is InChI=1S/C42H58N8O6/c1-23(2)31(47-39(53)55-11)37(51)49-33(41(5,6)7)35-43-21-29(45-35)27-17-13-25(14-18-27)26-15-19-28(20-16-26)30-22-44-36(46-30)34(42(8,9)10)50-38(52)32(24(3)4)48-40(54)56-12/h13-24,31-34H,1-12H3,(H,43,45)(H,44,46)(H,47,53)(H,48,54)(H,49,51)(H,50,52)/t31-,32-,33-,34-/m1/s1. The number of hydrogen-bond acceptors (Lipinski definition) is 8. The van der Waals surface area contributed by atoms with E-state index in [4.69, 9.17) is 19.4 Å². The summed E-state index contributed by atoms with van der Waals surface area (Å²) in [4.78, 5) is 66.7. The van der Waals surface area contributed by atoms with Gasteiger partial charge in [0.25, 0.3) is 0 Å². The van der Waals surface area contributed by atoms with Crippen LogP contribution >= 0.6 is 0 Å². The summed E-state index contributed by atoms with van der Waals surface area (Å²) in [6.45, 7) is 19.5. The summed E-state index contributed by atoms with van der Waals surface area (Å²) in [6.07, 6.45) is 2.32. The molecule has 0 fully saturated rings. The van der Waals surface area contributed by atoms with E-state index >= 15 is 0 Å². The van der Waals surface area contributed by atoms with Gasteiger partial charge in [0.15, 0.2) is 0 Å². The Morgan fingerprint density at radius 2 is 0.839 bits per heavy atom. The molecule has 4 rings (SSSR count). The molecule has 14 heteroatoms. The van der Waals surface area contributed by atoms with Crippen LogP contribution < -0.4 is 21.3 Å². The predicted molar refractivity (Wildman–Crippen MR) is 216 cm³/mol. The number of hydrogen-bond donors (Lipinski definition) is 6. The zero-order valence-electron chi connectivity index (χ0n) is 34.6. The van der Waals surface area contributed by atoms with Gasteiger partial charge in [-0.15, -0.1) is 0 Å². The second kappa shape index (κ2) is 17.9. The summed E-state index contributed by atoms with van der Waals surface area (Å²) < 4.78 is 9.45. The molecule has 0 unspecified atom stereocenters. The Kier molecular flexibility index (Phi) is 13.7. The largest absolute Gasteiger partial charge is 0.453 e. The Labute approximate surface area is 329 Å². The number of nitrogens with one attached hydrogen (secondary N) is 6. The Balaban J connectivity index is 1.48. The fourth-order valence-electron chi connectivity index (χ4n) is 6.23. The number of carbonyl (C=O) groups is 4. The number of ether oxygens (including phenoxy) is 2. The van der Waals surface area contributed by atoms with Crippen LogP contribution in [0.2, 0.25) is 0 Å². The highest BCUT2D eigenvalue weighted by atomic mass is 16.5. The number of carbonyl (C=O) groups excluding carboxylic acids is 4. The highest BCUT2D eigenvalue weighted by Gasteiger charge is 2.35. The number of rotatable bonds is 13. The van der Waals surface area contributed by atoms with E-state index in [0.29, 0.717) is 11.6 Å². The summed E-state index contributed by atoms with van der Waals surface area (Å²) in [5.41, 5.74) is 4.54. The van der Waals surface area contributed by atoms with E-state index in [1.54, 1.807) is 0 Å². The van der Waals surface area contributed by atoms with Crippen molar-refractivity contribution >= 4 is 24.0 Å². The number of amides is 4. The number of benzene rings is 2. The summed E-state index contributed by atoms with van der Waals surface area (Å²) in [6, 6.07) is 13.7. The third-order valence-corrected chi connectivity index (χ3v) is 9.56. The third-order valence-electron chi connectivity index (χ3n) is 9.56. The molecule has 0 aliphatic rings. The first-order valence-corrected chi connectivity index (χ1v) is 18.8. The molecule has 6 N–H and O–H groups in total. The maximum absolute atomic E-state index is 13.3. The van der Waals surface area contributed by atoms with E-state index in [-0.39, 0.29) is 23.7 Å². The maximum atomic E-state index is 13.3. The van der Waals surface area contributed by atoms with Crippen LogP contribution in [0.15, 0.2) is 60.9 Å². The van der Waals surface area contributed by atoms with Gasteiger partial charge in [0.05, 0.1) is 37.7 Å². The summed E-state index contributed by atoms with van der Waals surface area (Å²) in [5, 5.41) is 11.4. The summed E-state index contributed by atoms with van der Waals surface area (Å²) in [5.74, 6) is 0.240. The van der Waals surface area contributed by atoms with Gasteiger partial charge in [-0.25, -0.2) is 19.6 Å². The molecule has 302 valence electrons. The highest BCUT2D eigenvalue weighted by molar-refractivity contribution is 5.87. The molecule has 56 heavy (non-hydrogen) atoms. The van der Waals surface area contributed by atoms with Gasteiger partial charge in [0.2, 0.25) is 11.8 Å². The number of methoxy groups -OCH3 is 2. The minimum absolute atomic E-state index is 0.162. The van der Waals surface area contributed by atoms with Gasteiger partial charge >= 0.3 is 12.2 Å². The fourth-order valence-corrected chi connectivity index (χ4v) is 6.23. The lowest BCUT2D eigenvalue weighted by molar-refractivity contribution is -0.126. The van der Waals surface area contributed by atoms with Crippen LogP contribution in [0.25, 0.3) is 33.6 Å². The van der Waals surface area contributed by atoms with Crippen molar-refractivity contribution in [1.29, 1.82) is 0 Å². The molecule has 0 saturated heterocycles. The molecule has 2 aromatic heterocycles. The smallest absolute Gasteiger partial charge is 0.407 e. The summed E-state index contributed by atoms with van der Waals surface area (Å²) in [7, 11) is 2.53. The monoisotopic (exact) mass is 770 g/mol. The third kappa shape index (κ3) is 10.8. The first kappa shape index (κ1) is 43.1. The Morgan fingerprint density at radius 1 is 0.536 bits per heavy atom. The number of aromatic amines is 2. The van der Waals surface area contributed by atoms with E-state index in [2.05, 4.69) is 31.2 Å². The molecule has 2 heterocycles. The van der Waals surface area contributed by atoms with Gasteiger partial charge in [-0.2, -0.15) is 0 Å². The molecule has 0 radical (unpaired) electrons. The first-order chi connectivity index (χ1) is 26.2. The second-order valence-electron chi connectivity index (χ2n) is 16.8. The Bertz CT molecular complexity index is 1810. The van der Waals surface area contributed by atoms with Crippen LogP contribution in [0, 0.1) is 22.7 Å². The van der Waals surface area contributed by atoms with Gasteiger partial charge in [-0.05, 0) is 33.8 Å². The normalized spacial score (nSPS) is 14.0. The van der Waals surface area contributed by atoms with Gasteiger partial charge in [-0.1, -0.05) is 118 Å². The van der Waals surface area contributed by atoms with Crippen LogP contribution in [0.1, 0.15) is 93.0 Å². The molecule has 4 aromatic rings. The average molecular weight is 771 g/mol. The molecule has 2 aromatic carbocycles. The van der Waals surface area contributed by atoms with Crippen molar-refractivity contribution in [3.63, 3.8) is 0 Å². The molecule has 0 aliphatic carbocycles. The van der Waals surface area contributed by atoms with E-state index in [1.165, 1.54) is 14.2 Å². The summed E-state index contributed by atoms with van der Waals surface area (Å²) >= 11 is 0. The van der Waals surface area contributed by atoms with Crippen LogP contribution in [0.4, 0.5) is 9.59 Å². The van der Waals surface area contributed by atoms with Crippen molar-refractivity contribution in [2.45, 2.75) is 93.4 Å². The maximum Gasteiger partial charge on any atom is 0.407 e. The zero-order valence-corrected chi connectivity index (χ0v) is 34.6. The van der Waals surface area contributed by atoms with Crippen LogP contribution in [0.5, 0.6) is 0 Å². The van der Waals surface area contributed by atoms with Gasteiger partial charge in [0, 0.05) is 23.5 Å². The molecule has 0 saturated carbocycles. The number of H-pyrrole nitrogens is 2. The van der Waals surface area contributed by atoms with Crippen molar-refractivity contribution in [2.75, 3.05) is 14.2 Å². The predicted octanol–water partition coefficient (Wildman–Crippen LogP) is 7.30. The van der Waals surface area contributed by atoms with E-state index < -0.39 is 47.2 Å². The first-order valence-electron chi connectivity index (χ1n) is 18.8. The van der Waals surface area contributed by atoms with Gasteiger partial charge in [-0.3, -0.25) is 9.59 Å². The topological polar surface area (TPSA) is 192 Å². The molecular weight excluding hydrogens is 713 g/mol. The molecular formula is C42H58N8O6. The number of nitrogens with zero attached hydrogens (tertiary/aromatic N) is 2. The molecule has 4 atom stereocenters. The Morgan fingerprint density at radius 3 is 1.11 bits per heavy atom. The van der Waals surface area contributed by atoms with Crippen LogP contribution in [-0.4, -0.2) is 70.2 Å². The second-order valence-corrected chi connectivity index (χ2v) is 16.8. The van der Waals surface area contributed by atoms with Crippen LogP contribution in [0.3, 0.4) is 0 Å². The highest BCUT2D eigenvalue weighted by Crippen LogP contribution is 2.35. The van der Waals surface area contributed by atoms with Gasteiger partial charge in [0.1, 0.15) is 23.7 Å².